The van der Waals surface area contributed by atoms with Crippen molar-refractivity contribution in [2.45, 2.75) is 32.8 Å². The maximum atomic E-state index is 5.92. The van der Waals surface area contributed by atoms with Gasteiger partial charge in [0.2, 0.25) is 0 Å². The van der Waals surface area contributed by atoms with Crippen molar-refractivity contribution in [2.75, 3.05) is 24.6 Å². The van der Waals surface area contributed by atoms with Crippen LogP contribution < -0.4 is 4.90 Å². The average molecular weight is 298 g/mol. The van der Waals surface area contributed by atoms with Gasteiger partial charge in [-0.2, -0.15) is 0 Å². The first-order chi connectivity index (χ1) is 10.6. The molecule has 1 saturated heterocycles. The summed E-state index contributed by atoms with van der Waals surface area (Å²) in [5, 5.41) is 0. The number of rotatable bonds is 3. The summed E-state index contributed by atoms with van der Waals surface area (Å²) in [6.45, 7) is 8.79. The molecule has 0 spiro atoms. The van der Waals surface area contributed by atoms with Crippen molar-refractivity contribution < 1.29 is 4.74 Å². The number of pyridine rings is 1. The van der Waals surface area contributed by atoms with E-state index in [0.29, 0.717) is 0 Å². The van der Waals surface area contributed by atoms with Gasteiger partial charge in [0.15, 0.2) is 5.82 Å². The van der Waals surface area contributed by atoms with Gasteiger partial charge in [-0.25, -0.2) is 9.97 Å². The maximum Gasteiger partial charge on any atom is 0.161 e. The van der Waals surface area contributed by atoms with Crippen LogP contribution in [0.25, 0.3) is 11.4 Å². The SMILES string of the molecule is CCC1(C)CN(c2cc(C)nc(-c3ccncc3)n2)CCO1. The molecular weight excluding hydrogens is 276 g/mol. The molecule has 1 atom stereocenters. The maximum absolute atomic E-state index is 5.92. The lowest BCUT2D eigenvalue weighted by atomic mass is 10.0. The minimum Gasteiger partial charge on any atom is -0.372 e. The highest BCUT2D eigenvalue weighted by atomic mass is 16.5. The standard InChI is InChI=1S/C17H22N4O/c1-4-17(3)12-21(9-10-22-17)15-11-13(2)19-16(20-15)14-5-7-18-8-6-14/h5-8,11H,4,9-10,12H2,1-3H3. The Morgan fingerprint density at radius 3 is 2.77 bits per heavy atom. The van der Waals surface area contributed by atoms with Crippen LogP contribution in [0.5, 0.6) is 0 Å². The second-order valence-electron chi connectivity index (χ2n) is 6.00. The Labute approximate surface area is 131 Å². The predicted molar refractivity (Wildman–Crippen MR) is 86.9 cm³/mol. The first-order valence-corrected chi connectivity index (χ1v) is 7.75. The first kappa shape index (κ1) is 14.9. The molecule has 3 rings (SSSR count). The van der Waals surface area contributed by atoms with Crippen LogP contribution in [0.3, 0.4) is 0 Å². The molecule has 5 nitrogen and oxygen atoms in total. The molecule has 0 bridgehead atoms. The summed E-state index contributed by atoms with van der Waals surface area (Å²) >= 11 is 0. The second-order valence-corrected chi connectivity index (χ2v) is 6.00. The van der Waals surface area contributed by atoms with Crippen LogP contribution in [0.2, 0.25) is 0 Å². The summed E-state index contributed by atoms with van der Waals surface area (Å²) in [5.74, 6) is 1.73. The van der Waals surface area contributed by atoms with Crippen molar-refractivity contribution in [1.29, 1.82) is 0 Å². The number of nitrogens with zero attached hydrogens (tertiary/aromatic N) is 4. The number of aromatic nitrogens is 3. The van der Waals surface area contributed by atoms with E-state index < -0.39 is 0 Å². The molecule has 2 aromatic heterocycles. The lowest BCUT2D eigenvalue weighted by molar-refractivity contribution is -0.0443. The monoisotopic (exact) mass is 298 g/mol. The summed E-state index contributed by atoms with van der Waals surface area (Å²) < 4.78 is 5.92. The Morgan fingerprint density at radius 2 is 2.05 bits per heavy atom. The van der Waals surface area contributed by atoms with E-state index in [1.54, 1.807) is 12.4 Å². The zero-order chi connectivity index (χ0) is 15.6. The predicted octanol–water partition coefficient (Wildman–Crippen LogP) is 2.85. The van der Waals surface area contributed by atoms with Crippen LogP contribution in [-0.2, 0) is 4.74 Å². The smallest absolute Gasteiger partial charge is 0.161 e. The van der Waals surface area contributed by atoms with Crippen molar-refractivity contribution in [3.8, 4) is 11.4 Å². The Morgan fingerprint density at radius 1 is 1.27 bits per heavy atom. The van der Waals surface area contributed by atoms with E-state index >= 15 is 0 Å². The molecule has 116 valence electrons. The largest absolute Gasteiger partial charge is 0.372 e. The van der Waals surface area contributed by atoms with Gasteiger partial charge in [0.1, 0.15) is 5.82 Å². The van der Waals surface area contributed by atoms with Crippen LogP contribution in [0.15, 0.2) is 30.6 Å². The summed E-state index contributed by atoms with van der Waals surface area (Å²) in [4.78, 5) is 15.7. The Hall–Kier alpha value is -2.01. The van der Waals surface area contributed by atoms with Crippen molar-refractivity contribution in [2.24, 2.45) is 0 Å². The third-order valence-electron chi connectivity index (χ3n) is 4.19. The number of hydrogen-bond donors (Lipinski definition) is 0. The molecule has 1 unspecified atom stereocenters. The van der Waals surface area contributed by atoms with Crippen molar-refractivity contribution in [1.82, 2.24) is 15.0 Å². The van der Waals surface area contributed by atoms with Crippen molar-refractivity contribution in [3.05, 3.63) is 36.3 Å². The van der Waals surface area contributed by atoms with Gasteiger partial charge in [0, 0.05) is 42.8 Å². The Kier molecular flexibility index (Phi) is 4.07. The lowest BCUT2D eigenvalue weighted by Gasteiger charge is -2.40. The fourth-order valence-corrected chi connectivity index (χ4v) is 2.68. The van der Waals surface area contributed by atoms with Crippen molar-refractivity contribution >= 4 is 5.82 Å². The molecule has 3 heterocycles. The van der Waals surface area contributed by atoms with Gasteiger partial charge in [-0.3, -0.25) is 4.98 Å². The molecule has 0 N–H and O–H groups in total. The molecular formula is C17H22N4O. The molecule has 0 radical (unpaired) electrons. The van der Waals surface area contributed by atoms with Gasteiger partial charge in [-0.05, 0) is 32.4 Å². The summed E-state index contributed by atoms with van der Waals surface area (Å²) in [6.07, 6.45) is 4.53. The highest BCUT2D eigenvalue weighted by molar-refractivity contribution is 5.57. The topological polar surface area (TPSA) is 51.1 Å². The van der Waals surface area contributed by atoms with E-state index in [1.165, 1.54) is 0 Å². The van der Waals surface area contributed by atoms with E-state index in [-0.39, 0.29) is 5.60 Å². The van der Waals surface area contributed by atoms with E-state index in [4.69, 9.17) is 9.72 Å². The molecule has 22 heavy (non-hydrogen) atoms. The number of anilines is 1. The zero-order valence-corrected chi connectivity index (χ0v) is 13.4. The highest BCUT2D eigenvalue weighted by Gasteiger charge is 2.31. The fraction of sp³-hybridized carbons (Fsp3) is 0.471. The third kappa shape index (κ3) is 3.09. The normalized spacial score (nSPS) is 21.9. The van der Waals surface area contributed by atoms with Gasteiger partial charge in [-0.1, -0.05) is 6.92 Å². The van der Waals surface area contributed by atoms with E-state index in [2.05, 4.69) is 28.7 Å². The minimum atomic E-state index is -0.103. The highest BCUT2D eigenvalue weighted by Crippen LogP contribution is 2.26. The minimum absolute atomic E-state index is 0.103. The molecule has 0 aromatic carbocycles. The van der Waals surface area contributed by atoms with E-state index in [9.17, 15) is 0 Å². The quantitative estimate of drug-likeness (QED) is 0.872. The molecule has 0 aliphatic carbocycles. The van der Waals surface area contributed by atoms with Gasteiger partial charge >= 0.3 is 0 Å². The molecule has 1 fully saturated rings. The molecule has 0 amide bonds. The second kappa shape index (κ2) is 6.01. The van der Waals surface area contributed by atoms with Crippen LogP contribution in [0.4, 0.5) is 5.82 Å². The van der Waals surface area contributed by atoms with Crippen LogP contribution in [0.1, 0.15) is 26.0 Å². The van der Waals surface area contributed by atoms with E-state index in [0.717, 1.165) is 49.0 Å². The number of aryl methyl sites for hydroxylation is 1. The van der Waals surface area contributed by atoms with Crippen LogP contribution in [0, 0.1) is 6.92 Å². The zero-order valence-electron chi connectivity index (χ0n) is 13.4. The summed E-state index contributed by atoms with van der Waals surface area (Å²) in [7, 11) is 0. The number of hydrogen-bond acceptors (Lipinski definition) is 5. The average Bonchev–Trinajstić information content (AvgIpc) is 2.55. The summed E-state index contributed by atoms with van der Waals surface area (Å²) in [5.41, 5.74) is 1.86. The number of ether oxygens (including phenoxy) is 1. The van der Waals surface area contributed by atoms with Gasteiger partial charge < -0.3 is 9.64 Å². The van der Waals surface area contributed by atoms with E-state index in [1.807, 2.05) is 25.1 Å². The van der Waals surface area contributed by atoms with Crippen LogP contribution in [-0.4, -0.2) is 40.2 Å². The summed E-state index contributed by atoms with van der Waals surface area (Å²) in [6, 6.07) is 5.92. The first-order valence-electron chi connectivity index (χ1n) is 7.75. The molecule has 0 saturated carbocycles. The lowest BCUT2D eigenvalue weighted by Crippen LogP contribution is -2.50. The Balaban J connectivity index is 1.93. The van der Waals surface area contributed by atoms with Crippen molar-refractivity contribution in [3.63, 3.8) is 0 Å². The van der Waals surface area contributed by atoms with Gasteiger partial charge in [0.25, 0.3) is 0 Å². The number of morpholine rings is 1. The van der Waals surface area contributed by atoms with Crippen LogP contribution >= 0.6 is 0 Å². The fourth-order valence-electron chi connectivity index (χ4n) is 2.68. The molecule has 5 heteroatoms. The molecule has 2 aromatic rings. The van der Waals surface area contributed by atoms with Gasteiger partial charge in [-0.15, -0.1) is 0 Å². The third-order valence-corrected chi connectivity index (χ3v) is 4.19. The van der Waals surface area contributed by atoms with Gasteiger partial charge in [0.05, 0.1) is 12.2 Å². The molecule has 1 aliphatic heterocycles. The molecule has 1 aliphatic rings. The Bertz CT molecular complexity index is 646.